The van der Waals surface area contributed by atoms with E-state index in [1.54, 1.807) is 0 Å². The van der Waals surface area contributed by atoms with Crippen molar-refractivity contribution in [3.63, 3.8) is 0 Å². The van der Waals surface area contributed by atoms with Crippen molar-refractivity contribution in [1.82, 2.24) is 4.72 Å². The Balaban J connectivity index is 2.19. The van der Waals surface area contributed by atoms with Crippen LogP contribution in [0.15, 0.2) is 17.0 Å². The third-order valence-electron chi connectivity index (χ3n) is 3.32. The van der Waals surface area contributed by atoms with Gasteiger partial charge in [-0.1, -0.05) is 23.2 Å². The molecule has 0 bridgehead atoms. The molecule has 1 saturated heterocycles. The van der Waals surface area contributed by atoms with E-state index in [-0.39, 0.29) is 27.2 Å². The highest BCUT2D eigenvalue weighted by Crippen LogP contribution is 2.31. The van der Waals surface area contributed by atoms with Crippen molar-refractivity contribution in [2.75, 3.05) is 25.5 Å². The molecule has 118 valence electrons. The number of hydrogen-bond donors (Lipinski definition) is 3. The zero-order valence-electron chi connectivity index (χ0n) is 11.1. The predicted octanol–water partition coefficient (Wildman–Crippen LogP) is 1.40. The molecular weight excluding hydrogens is 339 g/mol. The monoisotopic (exact) mass is 354 g/mol. The average Bonchev–Trinajstić information content (AvgIpc) is 2.36. The molecule has 0 amide bonds. The Labute approximate surface area is 133 Å². The van der Waals surface area contributed by atoms with Gasteiger partial charge in [-0.05, 0) is 12.1 Å². The van der Waals surface area contributed by atoms with E-state index in [1.807, 2.05) is 0 Å². The van der Waals surface area contributed by atoms with Gasteiger partial charge in [0, 0.05) is 37.6 Å². The van der Waals surface area contributed by atoms with E-state index in [4.69, 9.17) is 33.7 Å². The Morgan fingerprint density at radius 1 is 1.33 bits per heavy atom. The smallest absolute Gasteiger partial charge is 0.244 e. The van der Waals surface area contributed by atoms with Crippen LogP contribution in [0, 0.1) is 0 Å². The van der Waals surface area contributed by atoms with Crippen LogP contribution in [0.5, 0.6) is 0 Å². The Kier molecular flexibility index (Phi) is 5.02. The number of benzene rings is 1. The number of nitrogen functional groups attached to an aromatic ring is 1. The maximum atomic E-state index is 12.3. The second kappa shape index (κ2) is 6.28. The molecule has 4 N–H and O–H groups in total. The molecule has 0 radical (unpaired) electrons. The van der Waals surface area contributed by atoms with Gasteiger partial charge in [0.1, 0.15) is 4.90 Å². The van der Waals surface area contributed by atoms with E-state index in [9.17, 15) is 13.5 Å². The van der Waals surface area contributed by atoms with Crippen LogP contribution < -0.4 is 10.5 Å². The van der Waals surface area contributed by atoms with E-state index < -0.39 is 15.6 Å². The maximum absolute atomic E-state index is 12.3. The fraction of sp³-hybridized carbons (Fsp3) is 0.500. The Morgan fingerprint density at radius 3 is 2.52 bits per heavy atom. The summed E-state index contributed by atoms with van der Waals surface area (Å²) in [4.78, 5) is -0.232. The number of sulfonamides is 1. The van der Waals surface area contributed by atoms with Crippen LogP contribution >= 0.6 is 23.2 Å². The second-order valence-electron chi connectivity index (χ2n) is 4.97. The summed E-state index contributed by atoms with van der Waals surface area (Å²) in [5.41, 5.74) is 4.51. The lowest BCUT2D eigenvalue weighted by atomic mass is 9.95. The molecule has 1 fully saturated rings. The molecule has 0 spiro atoms. The lowest BCUT2D eigenvalue weighted by molar-refractivity contribution is -0.0588. The fourth-order valence-corrected chi connectivity index (χ4v) is 4.20. The molecule has 1 aliphatic heterocycles. The summed E-state index contributed by atoms with van der Waals surface area (Å²) in [5.74, 6) is 0. The number of nitrogens with one attached hydrogen (secondary N) is 1. The predicted molar refractivity (Wildman–Crippen MR) is 81.1 cm³/mol. The summed E-state index contributed by atoms with van der Waals surface area (Å²) >= 11 is 11.7. The molecule has 0 saturated carbocycles. The van der Waals surface area contributed by atoms with Gasteiger partial charge < -0.3 is 15.6 Å². The summed E-state index contributed by atoms with van der Waals surface area (Å²) < 4.78 is 32.1. The fourth-order valence-electron chi connectivity index (χ4n) is 2.09. The first kappa shape index (κ1) is 16.8. The Hall–Kier alpha value is -0.570. The largest absolute Gasteiger partial charge is 0.398 e. The highest BCUT2D eigenvalue weighted by Gasteiger charge is 2.32. The highest BCUT2D eigenvalue weighted by atomic mass is 35.5. The zero-order chi connectivity index (χ0) is 15.7. The molecule has 0 aliphatic carbocycles. The van der Waals surface area contributed by atoms with Crippen molar-refractivity contribution in [2.24, 2.45) is 0 Å². The number of rotatable bonds is 4. The molecule has 0 atom stereocenters. The van der Waals surface area contributed by atoms with Gasteiger partial charge in [0.25, 0.3) is 0 Å². The van der Waals surface area contributed by atoms with Crippen molar-refractivity contribution in [1.29, 1.82) is 0 Å². The van der Waals surface area contributed by atoms with Crippen LogP contribution in [-0.2, 0) is 14.8 Å². The lowest BCUT2D eigenvalue weighted by Crippen LogP contribution is -2.46. The van der Waals surface area contributed by atoms with Crippen LogP contribution in [0.1, 0.15) is 12.8 Å². The van der Waals surface area contributed by atoms with E-state index in [0.717, 1.165) is 0 Å². The quantitative estimate of drug-likeness (QED) is 0.709. The molecule has 1 heterocycles. The summed E-state index contributed by atoms with van der Waals surface area (Å²) in [5, 5.41) is 10.5. The number of ether oxygens (including phenoxy) is 1. The molecule has 0 aromatic heterocycles. The minimum atomic E-state index is -3.94. The van der Waals surface area contributed by atoms with E-state index >= 15 is 0 Å². The zero-order valence-corrected chi connectivity index (χ0v) is 13.4. The number of anilines is 1. The molecule has 1 aliphatic rings. The molecule has 1 aromatic carbocycles. The van der Waals surface area contributed by atoms with Gasteiger partial charge in [-0.2, -0.15) is 0 Å². The van der Waals surface area contributed by atoms with Crippen LogP contribution in [0.2, 0.25) is 10.0 Å². The lowest BCUT2D eigenvalue weighted by Gasteiger charge is -2.32. The van der Waals surface area contributed by atoms with Gasteiger partial charge in [0.2, 0.25) is 10.0 Å². The van der Waals surface area contributed by atoms with Gasteiger partial charge in [-0.25, -0.2) is 13.1 Å². The maximum Gasteiger partial charge on any atom is 0.244 e. The molecule has 2 rings (SSSR count). The Bertz CT molecular complexity index is 607. The molecule has 6 nitrogen and oxygen atoms in total. The second-order valence-corrected chi connectivity index (χ2v) is 7.51. The number of halogens is 2. The highest BCUT2D eigenvalue weighted by molar-refractivity contribution is 7.89. The van der Waals surface area contributed by atoms with Gasteiger partial charge in [0.05, 0.1) is 16.3 Å². The van der Waals surface area contributed by atoms with E-state index in [1.165, 1.54) is 12.1 Å². The molecule has 21 heavy (non-hydrogen) atoms. The third kappa shape index (κ3) is 4.00. The van der Waals surface area contributed by atoms with Gasteiger partial charge >= 0.3 is 0 Å². The van der Waals surface area contributed by atoms with Crippen LogP contribution in [0.25, 0.3) is 0 Å². The van der Waals surface area contributed by atoms with Gasteiger partial charge in [-0.3, -0.25) is 0 Å². The SMILES string of the molecule is Nc1cc(Cl)cc(Cl)c1S(=O)(=O)NCC1(O)CCOCC1. The Morgan fingerprint density at radius 2 is 1.95 bits per heavy atom. The van der Waals surface area contributed by atoms with E-state index in [2.05, 4.69) is 4.72 Å². The van der Waals surface area contributed by atoms with Crippen molar-refractivity contribution in [3.05, 3.63) is 22.2 Å². The number of hydrogen-bond acceptors (Lipinski definition) is 5. The van der Waals surface area contributed by atoms with Crippen molar-refractivity contribution in [3.8, 4) is 0 Å². The first-order chi connectivity index (χ1) is 9.73. The molecule has 1 aromatic rings. The normalized spacial score (nSPS) is 18.6. The van der Waals surface area contributed by atoms with E-state index in [0.29, 0.717) is 26.1 Å². The molecule has 9 heteroatoms. The van der Waals surface area contributed by atoms with Gasteiger partial charge in [-0.15, -0.1) is 0 Å². The average molecular weight is 355 g/mol. The van der Waals surface area contributed by atoms with Crippen molar-refractivity contribution in [2.45, 2.75) is 23.3 Å². The van der Waals surface area contributed by atoms with Gasteiger partial charge in [0.15, 0.2) is 0 Å². The minimum absolute atomic E-state index is 0.0426. The van der Waals surface area contributed by atoms with Crippen LogP contribution in [0.3, 0.4) is 0 Å². The summed E-state index contributed by atoms with van der Waals surface area (Å²) in [7, 11) is -3.94. The summed E-state index contributed by atoms with van der Waals surface area (Å²) in [6.07, 6.45) is 0.721. The number of aliphatic hydroxyl groups is 1. The number of nitrogens with two attached hydrogens (primary N) is 1. The molecular formula is C12H16Cl2N2O4S. The third-order valence-corrected chi connectivity index (χ3v) is 5.47. The summed E-state index contributed by atoms with van der Waals surface area (Å²) in [6, 6.07) is 2.61. The summed E-state index contributed by atoms with van der Waals surface area (Å²) in [6.45, 7) is 0.654. The van der Waals surface area contributed by atoms with Crippen LogP contribution in [0.4, 0.5) is 5.69 Å². The van der Waals surface area contributed by atoms with Crippen LogP contribution in [-0.4, -0.2) is 38.9 Å². The van der Waals surface area contributed by atoms with Crippen molar-refractivity contribution >= 4 is 38.9 Å². The first-order valence-corrected chi connectivity index (χ1v) is 8.52. The standard InChI is InChI=1S/C12H16Cl2N2O4S/c13-8-5-9(14)11(10(15)6-8)21(18,19)16-7-12(17)1-3-20-4-2-12/h5-6,16-17H,1-4,7,15H2. The molecule has 0 unspecified atom stereocenters. The topological polar surface area (TPSA) is 102 Å². The van der Waals surface area contributed by atoms with Crippen molar-refractivity contribution < 1.29 is 18.3 Å². The minimum Gasteiger partial charge on any atom is -0.398 e. The first-order valence-electron chi connectivity index (χ1n) is 6.28.